The molecule has 0 atom stereocenters. The Morgan fingerprint density at radius 2 is 2.05 bits per heavy atom. The number of aryl methyl sites for hydroxylation is 1. The molecule has 2 rings (SSSR count). The molecule has 2 aromatic rings. The van der Waals surface area contributed by atoms with Crippen LogP contribution in [-0.2, 0) is 0 Å². The highest BCUT2D eigenvalue weighted by Gasteiger charge is 2.16. The molecule has 0 aliphatic carbocycles. The lowest BCUT2D eigenvalue weighted by Gasteiger charge is -2.02. The number of nitrogens with zero attached hydrogens (tertiary/aromatic N) is 3. The molecular formula is C12H15N5OS. The van der Waals surface area contributed by atoms with E-state index in [1.807, 2.05) is 14.0 Å². The maximum Gasteiger partial charge on any atom is 0.263 e. The summed E-state index contributed by atoms with van der Waals surface area (Å²) in [5.74, 6) is 0.442. The highest BCUT2D eigenvalue weighted by atomic mass is 32.1. The Hall–Kier alpha value is -1.86. The predicted molar refractivity (Wildman–Crippen MR) is 74.1 cm³/mol. The van der Waals surface area contributed by atoms with Crippen LogP contribution in [0.25, 0.3) is 10.8 Å². The van der Waals surface area contributed by atoms with Crippen molar-refractivity contribution >= 4 is 17.2 Å². The minimum Gasteiger partial charge on any atom is -0.350 e. The number of nitrogens with one attached hydrogen (secondary N) is 2. The van der Waals surface area contributed by atoms with E-state index < -0.39 is 0 Å². The zero-order valence-electron chi connectivity index (χ0n) is 10.8. The number of rotatable bonds is 5. The first-order chi connectivity index (χ1) is 9.22. The monoisotopic (exact) mass is 277 g/mol. The van der Waals surface area contributed by atoms with Crippen molar-refractivity contribution in [2.24, 2.45) is 0 Å². The van der Waals surface area contributed by atoms with Crippen LogP contribution >= 0.6 is 11.3 Å². The lowest BCUT2D eigenvalue weighted by atomic mass is 10.3. The molecule has 100 valence electrons. The SMILES string of the molecule is CNCCNC(=O)c1sc(-c2ncccn2)nc1C. The number of thiazole rings is 1. The summed E-state index contributed by atoms with van der Waals surface area (Å²) in [5, 5.41) is 6.47. The van der Waals surface area contributed by atoms with Gasteiger partial charge in [-0.05, 0) is 20.0 Å². The van der Waals surface area contributed by atoms with E-state index >= 15 is 0 Å². The lowest BCUT2D eigenvalue weighted by molar-refractivity contribution is 0.0957. The van der Waals surface area contributed by atoms with E-state index in [9.17, 15) is 4.79 Å². The molecule has 6 nitrogen and oxygen atoms in total. The van der Waals surface area contributed by atoms with Crippen LogP contribution in [0.1, 0.15) is 15.4 Å². The molecule has 0 fully saturated rings. The number of amides is 1. The number of hydrogen-bond donors (Lipinski definition) is 2. The van der Waals surface area contributed by atoms with Crippen molar-refractivity contribution in [3.05, 3.63) is 29.0 Å². The Bertz CT molecular complexity index is 555. The highest BCUT2D eigenvalue weighted by Crippen LogP contribution is 2.24. The van der Waals surface area contributed by atoms with Crippen LogP contribution in [0.3, 0.4) is 0 Å². The molecule has 0 saturated heterocycles. The van der Waals surface area contributed by atoms with E-state index in [4.69, 9.17) is 0 Å². The van der Waals surface area contributed by atoms with Crippen molar-refractivity contribution in [2.45, 2.75) is 6.92 Å². The molecule has 2 heterocycles. The Balaban J connectivity index is 2.15. The fourth-order valence-electron chi connectivity index (χ4n) is 1.49. The van der Waals surface area contributed by atoms with Crippen molar-refractivity contribution in [1.82, 2.24) is 25.6 Å². The van der Waals surface area contributed by atoms with Crippen LogP contribution < -0.4 is 10.6 Å². The fraction of sp³-hybridized carbons (Fsp3) is 0.333. The fourth-order valence-corrected chi connectivity index (χ4v) is 2.42. The molecule has 0 aromatic carbocycles. The van der Waals surface area contributed by atoms with Gasteiger partial charge in [0.2, 0.25) is 0 Å². The van der Waals surface area contributed by atoms with Crippen molar-refractivity contribution in [3.8, 4) is 10.8 Å². The normalized spacial score (nSPS) is 10.4. The van der Waals surface area contributed by atoms with Gasteiger partial charge in [0.15, 0.2) is 10.8 Å². The minimum atomic E-state index is -0.104. The van der Waals surface area contributed by atoms with Gasteiger partial charge in [-0.25, -0.2) is 15.0 Å². The third-order valence-electron chi connectivity index (χ3n) is 2.42. The molecule has 0 bridgehead atoms. The summed E-state index contributed by atoms with van der Waals surface area (Å²) >= 11 is 1.31. The third kappa shape index (κ3) is 3.33. The molecule has 1 amide bonds. The van der Waals surface area contributed by atoms with Crippen LogP contribution in [0.15, 0.2) is 18.5 Å². The van der Waals surface area contributed by atoms with Gasteiger partial charge in [-0.2, -0.15) is 0 Å². The van der Waals surface area contributed by atoms with E-state index in [1.54, 1.807) is 18.5 Å². The molecule has 2 N–H and O–H groups in total. The second-order valence-electron chi connectivity index (χ2n) is 3.87. The van der Waals surface area contributed by atoms with Crippen molar-refractivity contribution in [1.29, 1.82) is 0 Å². The van der Waals surface area contributed by atoms with Gasteiger partial charge in [-0.1, -0.05) is 0 Å². The number of aromatic nitrogens is 3. The van der Waals surface area contributed by atoms with E-state index in [0.717, 1.165) is 6.54 Å². The van der Waals surface area contributed by atoms with Crippen molar-refractivity contribution < 1.29 is 4.79 Å². The smallest absolute Gasteiger partial charge is 0.263 e. The Morgan fingerprint density at radius 3 is 2.74 bits per heavy atom. The van der Waals surface area contributed by atoms with E-state index in [1.165, 1.54) is 11.3 Å². The summed E-state index contributed by atoms with van der Waals surface area (Å²) in [4.78, 5) is 25.2. The molecule has 0 radical (unpaired) electrons. The van der Waals surface area contributed by atoms with Gasteiger partial charge >= 0.3 is 0 Å². The first kappa shape index (κ1) is 13.6. The number of likely N-dealkylation sites (N-methyl/N-ethyl adjacent to an activating group) is 1. The van der Waals surface area contributed by atoms with E-state index in [2.05, 4.69) is 25.6 Å². The molecule has 0 unspecified atom stereocenters. The summed E-state index contributed by atoms with van der Waals surface area (Å²) in [7, 11) is 1.84. The highest BCUT2D eigenvalue weighted by molar-refractivity contribution is 7.17. The number of hydrogen-bond acceptors (Lipinski definition) is 6. The standard InChI is InChI=1S/C12H15N5OS/c1-8-9(11(18)16-7-6-13-2)19-12(17-8)10-14-4-3-5-15-10/h3-5,13H,6-7H2,1-2H3,(H,16,18). The van der Waals surface area contributed by atoms with Crippen LogP contribution in [-0.4, -0.2) is 41.0 Å². The first-order valence-electron chi connectivity index (χ1n) is 5.90. The third-order valence-corrected chi connectivity index (χ3v) is 3.57. The Kier molecular flexibility index (Phi) is 4.53. The average molecular weight is 277 g/mol. The summed E-state index contributed by atoms with van der Waals surface area (Å²) in [5.41, 5.74) is 0.703. The van der Waals surface area contributed by atoms with E-state index in [0.29, 0.717) is 27.9 Å². The number of carbonyl (C=O) groups is 1. The van der Waals surface area contributed by atoms with Gasteiger partial charge in [0.05, 0.1) is 5.69 Å². The summed E-state index contributed by atoms with van der Waals surface area (Å²) < 4.78 is 0. The van der Waals surface area contributed by atoms with Crippen molar-refractivity contribution in [2.75, 3.05) is 20.1 Å². The van der Waals surface area contributed by atoms with Gasteiger partial charge < -0.3 is 10.6 Å². The van der Waals surface area contributed by atoms with Gasteiger partial charge in [-0.3, -0.25) is 4.79 Å². The molecule has 2 aromatic heterocycles. The molecule has 0 spiro atoms. The maximum absolute atomic E-state index is 12.0. The van der Waals surface area contributed by atoms with Gasteiger partial charge in [0, 0.05) is 25.5 Å². The summed E-state index contributed by atoms with van der Waals surface area (Å²) in [6, 6.07) is 1.75. The Labute approximate surface area is 115 Å². The molecular weight excluding hydrogens is 262 g/mol. The zero-order valence-corrected chi connectivity index (χ0v) is 11.6. The van der Waals surface area contributed by atoms with Gasteiger partial charge in [0.1, 0.15) is 4.88 Å². The van der Waals surface area contributed by atoms with Gasteiger partial charge in [-0.15, -0.1) is 11.3 Å². The molecule has 0 saturated carbocycles. The topological polar surface area (TPSA) is 79.8 Å². The minimum absolute atomic E-state index is 0.104. The summed E-state index contributed by atoms with van der Waals surface area (Å²) in [6.45, 7) is 3.14. The average Bonchev–Trinajstić information content (AvgIpc) is 2.82. The molecule has 0 aliphatic rings. The predicted octanol–water partition coefficient (Wildman–Crippen LogP) is 0.858. The summed E-state index contributed by atoms with van der Waals surface area (Å²) in [6.07, 6.45) is 3.32. The van der Waals surface area contributed by atoms with Crippen molar-refractivity contribution in [3.63, 3.8) is 0 Å². The van der Waals surface area contributed by atoms with Crippen LogP contribution in [0, 0.1) is 6.92 Å². The van der Waals surface area contributed by atoms with Crippen LogP contribution in [0.4, 0.5) is 0 Å². The number of carbonyl (C=O) groups excluding carboxylic acids is 1. The lowest BCUT2D eigenvalue weighted by Crippen LogP contribution is -2.30. The maximum atomic E-state index is 12.0. The van der Waals surface area contributed by atoms with Gasteiger partial charge in [0.25, 0.3) is 5.91 Å². The van der Waals surface area contributed by atoms with Crippen LogP contribution in [0.5, 0.6) is 0 Å². The Morgan fingerprint density at radius 1 is 1.32 bits per heavy atom. The largest absolute Gasteiger partial charge is 0.350 e. The molecule has 19 heavy (non-hydrogen) atoms. The first-order valence-corrected chi connectivity index (χ1v) is 6.71. The van der Waals surface area contributed by atoms with Crippen LogP contribution in [0.2, 0.25) is 0 Å². The second-order valence-corrected chi connectivity index (χ2v) is 4.86. The molecule has 0 aliphatic heterocycles. The molecule has 7 heteroatoms. The quantitative estimate of drug-likeness (QED) is 0.792. The zero-order chi connectivity index (χ0) is 13.7. The van der Waals surface area contributed by atoms with E-state index in [-0.39, 0.29) is 5.91 Å². The second kappa shape index (κ2) is 6.35.